The van der Waals surface area contributed by atoms with E-state index < -0.39 is 0 Å². The van der Waals surface area contributed by atoms with Gasteiger partial charge >= 0.3 is 0 Å². The number of aryl methyl sites for hydroxylation is 1. The molecule has 1 unspecified atom stereocenters. The summed E-state index contributed by atoms with van der Waals surface area (Å²) in [5, 5.41) is 3.03. The zero-order valence-electron chi connectivity index (χ0n) is 19.3. The van der Waals surface area contributed by atoms with E-state index in [1.54, 1.807) is 0 Å². The van der Waals surface area contributed by atoms with Crippen LogP contribution in [-0.2, 0) is 16.0 Å². The number of hydrogen-bond donors (Lipinski definition) is 1. The van der Waals surface area contributed by atoms with Gasteiger partial charge < -0.3 is 19.9 Å². The van der Waals surface area contributed by atoms with E-state index >= 15 is 0 Å². The SMILES string of the molecule is CN(CC1CCCCO1)C1CCN(c2ccc(NC(=O)CCc3ccccc3)cc2)CC1. The smallest absolute Gasteiger partial charge is 0.224 e. The van der Waals surface area contributed by atoms with Gasteiger partial charge in [0.25, 0.3) is 0 Å². The van der Waals surface area contributed by atoms with E-state index in [4.69, 9.17) is 4.74 Å². The number of rotatable bonds is 8. The Morgan fingerprint density at radius 3 is 2.47 bits per heavy atom. The molecule has 1 atom stereocenters. The molecule has 2 fully saturated rings. The highest BCUT2D eigenvalue weighted by Gasteiger charge is 2.25. The van der Waals surface area contributed by atoms with Crippen molar-refractivity contribution >= 4 is 17.3 Å². The monoisotopic (exact) mass is 435 g/mol. The molecule has 0 bridgehead atoms. The fourth-order valence-corrected chi connectivity index (χ4v) is 4.87. The predicted octanol–water partition coefficient (Wildman–Crippen LogP) is 4.73. The summed E-state index contributed by atoms with van der Waals surface area (Å²) in [5.41, 5.74) is 3.30. The minimum Gasteiger partial charge on any atom is -0.377 e. The fraction of sp³-hybridized carbons (Fsp3) is 0.519. The van der Waals surface area contributed by atoms with Crippen molar-refractivity contribution < 1.29 is 9.53 Å². The lowest BCUT2D eigenvalue weighted by Gasteiger charge is -2.39. The van der Waals surface area contributed by atoms with Gasteiger partial charge in [-0.05, 0) is 75.4 Å². The molecule has 0 aliphatic carbocycles. The van der Waals surface area contributed by atoms with Crippen molar-refractivity contribution in [2.75, 3.05) is 43.5 Å². The molecule has 4 rings (SSSR count). The Morgan fingerprint density at radius 1 is 1.03 bits per heavy atom. The van der Waals surface area contributed by atoms with Gasteiger partial charge in [0.2, 0.25) is 5.91 Å². The van der Waals surface area contributed by atoms with Crippen molar-refractivity contribution in [1.82, 2.24) is 4.90 Å². The number of nitrogens with one attached hydrogen (secondary N) is 1. The van der Waals surface area contributed by atoms with Gasteiger partial charge in [-0.25, -0.2) is 0 Å². The molecule has 0 radical (unpaired) electrons. The number of ether oxygens (including phenoxy) is 1. The third kappa shape index (κ3) is 6.57. The van der Waals surface area contributed by atoms with Crippen LogP contribution in [0.4, 0.5) is 11.4 Å². The Hall–Kier alpha value is -2.37. The van der Waals surface area contributed by atoms with Crippen LogP contribution in [0.1, 0.15) is 44.1 Å². The molecular weight excluding hydrogens is 398 g/mol. The van der Waals surface area contributed by atoms with Gasteiger partial charge in [-0.1, -0.05) is 30.3 Å². The van der Waals surface area contributed by atoms with Crippen LogP contribution in [0.15, 0.2) is 54.6 Å². The zero-order valence-corrected chi connectivity index (χ0v) is 19.3. The van der Waals surface area contributed by atoms with E-state index in [1.807, 2.05) is 30.3 Å². The molecule has 32 heavy (non-hydrogen) atoms. The largest absolute Gasteiger partial charge is 0.377 e. The van der Waals surface area contributed by atoms with Crippen molar-refractivity contribution in [3.8, 4) is 0 Å². The minimum atomic E-state index is 0.0624. The summed E-state index contributed by atoms with van der Waals surface area (Å²) in [6.07, 6.45) is 7.78. The molecule has 2 aromatic carbocycles. The summed E-state index contributed by atoms with van der Waals surface area (Å²) in [6, 6.07) is 19.1. The zero-order chi connectivity index (χ0) is 22.2. The molecule has 0 aromatic heterocycles. The van der Waals surface area contributed by atoms with Crippen LogP contribution in [0.5, 0.6) is 0 Å². The molecule has 5 heteroatoms. The Morgan fingerprint density at radius 2 is 1.78 bits per heavy atom. The van der Waals surface area contributed by atoms with Crippen LogP contribution in [0.2, 0.25) is 0 Å². The number of nitrogens with zero attached hydrogens (tertiary/aromatic N) is 2. The van der Waals surface area contributed by atoms with E-state index in [2.05, 4.69) is 46.4 Å². The van der Waals surface area contributed by atoms with E-state index in [0.717, 1.165) is 38.3 Å². The van der Waals surface area contributed by atoms with Crippen LogP contribution in [0.3, 0.4) is 0 Å². The fourth-order valence-electron chi connectivity index (χ4n) is 4.87. The molecule has 2 aliphatic rings. The first kappa shape index (κ1) is 22.8. The van der Waals surface area contributed by atoms with Crippen molar-refractivity contribution in [3.05, 3.63) is 60.2 Å². The van der Waals surface area contributed by atoms with Crippen molar-refractivity contribution in [1.29, 1.82) is 0 Å². The van der Waals surface area contributed by atoms with E-state index in [0.29, 0.717) is 18.6 Å². The van der Waals surface area contributed by atoms with Crippen molar-refractivity contribution in [3.63, 3.8) is 0 Å². The minimum absolute atomic E-state index is 0.0624. The van der Waals surface area contributed by atoms with Crippen LogP contribution in [0, 0.1) is 0 Å². The van der Waals surface area contributed by atoms with Gasteiger partial charge in [0.05, 0.1) is 6.10 Å². The van der Waals surface area contributed by atoms with Crippen LogP contribution < -0.4 is 10.2 Å². The third-order valence-corrected chi connectivity index (χ3v) is 6.85. The number of carbonyl (C=O) groups excluding carboxylic acids is 1. The van der Waals surface area contributed by atoms with E-state index in [1.165, 1.54) is 43.4 Å². The molecule has 2 aliphatic heterocycles. The van der Waals surface area contributed by atoms with Gasteiger partial charge in [-0.15, -0.1) is 0 Å². The van der Waals surface area contributed by atoms with Gasteiger partial charge in [0.1, 0.15) is 0 Å². The van der Waals surface area contributed by atoms with Gasteiger partial charge in [0.15, 0.2) is 0 Å². The molecule has 1 N–H and O–H groups in total. The Kier molecular flexibility index (Phi) is 8.18. The number of hydrogen-bond acceptors (Lipinski definition) is 4. The Bertz CT molecular complexity index is 826. The van der Waals surface area contributed by atoms with E-state index in [9.17, 15) is 4.79 Å². The molecule has 172 valence electrons. The Balaban J connectivity index is 1.20. The number of carbonyl (C=O) groups is 1. The number of likely N-dealkylation sites (N-methyl/N-ethyl adjacent to an activating group) is 1. The second kappa shape index (κ2) is 11.5. The summed E-state index contributed by atoms with van der Waals surface area (Å²) >= 11 is 0. The predicted molar refractivity (Wildman–Crippen MR) is 131 cm³/mol. The van der Waals surface area contributed by atoms with Crippen molar-refractivity contribution in [2.24, 2.45) is 0 Å². The standard InChI is InChI=1S/C27H37N3O2/c1-29(21-26-9-5-6-20-32-26)24-16-18-30(19-17-24)25-13-11-23(12-14-25)28-27(31)15-10-22-7-3-2-4-8-22/h2-4,7-8,11-14,24,26H,5-6,9-10,15-21H2,1H3,(H,28,31). The number of amides is 1. The third-order valence-electron chi connectivity index (χ3n) is 6.85. The Labute approximate surface area is 192 Å². The van der Waals surface area contributed by atoms with E-state index in [-0.39, 0.29) is 5.91 Å². The first-order chi connectivity index (χ1) is 15.7. The number of piperidine rings is 1. The highest BCUT2D eigenvalue weighted by atomic mass is 16.5. The highest BCUT2D eigenvalue weighted by molar-refractivity contribution is 5.91. The van der Waals surface area contributed by atoms with Gasteiger partial charge in [0, 0.05) is 50.1 Å². The second-order valence-electron chi connectivity index (χ2n) is 9.23. The summed E-state index contributed by atoms with van der Waals surface area (Å²) in [6.45, 7) is 4.14. The summed E-state index contributed by atoms with van der Waals surface area (Å²) < 4.78 is 5.92. The lowest BCUT2D eigenvalue weighted by Crippen LogP contribution is -2.46. The average molecular weight is 436 g/mol. The lowest BCUT2D eigenvalue weighted by molar-refractivity contribution is -0.116. The van der Waals surface area contributed by atoms with Crippen molar-refractivity contribution in [2.45, 2.75) is 57.1 Å². The lowest BCUT2D eigenvalue weighted by atomic mass is 10.0. The molecule has 5 nitrogen and oxygen atoms in total. The maximum absolute atomic E-state index is 12.3. The van der Waals surface area contributed by atoms with Crippen LogP contribution in [0.25, 0.3) is 0 Å². The van der Waals surface area contributed by atoms with Crippen LogP contribution >= 0.6 is 0 Å². The van der Waals surface area contributed by atoms with Gasteiger partial charge in [-0.3, -0.25) is 4.79 Å². The van der Waals surface area contributed by atoms with Crippen LogP contribution in [-0.4, -0.2) is 56.2 Å². The first-order valence-corrected chi connectivity index (χ1v) is 12.2. The van der Waals surface area contributed by atoms with Gasteiger partial charge in [-0.2, -0.15) is 0 Å². The molecule has 2 saturated heterocycles. The average Bonchev–Trinajstić information content (AvgIpc) is 2.85. The first-order valence-electron chi connectivity index (χ1n) is 12.2. The molecule has 2 aromatic rings. The maximum Gasteiger partial charge on any atom is 0.224 e. The molecule has 0 spiro atoms. The molecular formula is C27H37N3O2. The maximum atomic E-state index is 12.3. The topological polar surface area (TPSA) is 44.8 Å². The molecule has 1 amide bonds. The molecule has 0 saturated carbocycles. The highest BCUT2D eigenvalue weighted by Crippen LogP contribution is 2.25. The summed E-state index contributed by atoms with van der Waals surface area (Å²) in [4.78, 5) is 17.3. The normalized spacial score (nSPS) is 19.8. The molecule has 2 heterocycles. The number of anilines is 2. The summed E-state index contributed by atoms with van der Waals surface area (Å²) in [7, 11) is 2.26. The summed E-state index contributed by atoms with van der Waals surface area (Å²) in [5.74, 6) is 0.0624. The number of benzene rings is 2. The quantitative estimate of drug-likeness (QED) is 0.651. The second-order valence-corrected chi connectivity index (χ2v) is 9.23.